The minimum absolute atomic E-state index is 0.333. The standard InChI is InChI=1S/C25H23ClN2O3S2/c1-15(29)16-11-12-27-22(13-16)20-7-4-5-17-14-23(32-25(17)20)24(19-6-2-3-8-21(19)26)28-33(30,31)18-9-10-18/h2-8,11-15,18,24,28-29H,9-10H2,1H3/t15?,24-/m1/s1. The normalized spacial score (nSPS) is 16.1. The lowest BCUT2D eigenvalue weighted by Gasteiger charge is -2.19. The predicted molar refractivity (Wildman–Crippen MR) is 134 cm³/mol. The van der Waals surface area contributed by atoms with Crippen LogP contribution in [0.1, 0.15) is 47.9 Å². The van der Waals surface area contributed by atoms with Crippen molar-refractivity contribution in [1.82, 2.24) is 9.71 Å². The molecule has 0 spiro atoms. The van der Waals surface area contributed by atoms with Gasteiger partial charge in [0, 0.05) is 26.4 Å². The zero-order valence-electron chi connectivity index (χ0n) is 17.9. The van der Waals surface area contributed by atoms with Gasteiger partial charge in [0.1, 0.15) is 0 Å². The summed E-state index contributed by atoms with van der Waals surface area (Å²) in [7, 11) is -3.46. The largest absolute Gasteiger partial charge is 0.389 e. The Morgan fingerprint density at radius 1 is 1.12 bits per heavy atom. The zero-order valence-corrected chi connectivity index (χ0v) is 20.3. The molecule has 33 heavy (non-hydrogen) atoms. The summed E-state index contributed by atoms with van der Waals surface area (Å²) in [5, 5.41) is 11.2. The maximum Gasteiger partial charge on any atom is 0.215 e. The number of aliphatic hydroxyl groups excluding tert-OH is 1. The molecule has 0 amide bonds. The third kappa shape index (κ3) is 4.56. The highest BCUT2D eigenvalue weighted by molar-refractivity contribution is 7.90. The van der Waals surface area contributed by atoms with Crippen molar-refractivity contribution in [2.24, 2.45) is 0 Å². The number of rotatable bonds is 7. The number of nitrogens with zero attached hydrogens (tertiary/aromatic N) is 1. The monoisotopic (exact) mass is 498 g/mol. The summed E-state index contributed by atoms with van der Waals surface area (Å²) in [6.07, 6.45) is 2.48. The average molecular weight is 499 g/mol. The van der Waals surface area contributed by atoms with Crippen LogP contribution in [0.4, 0.5) is 0 Å². The molecule has 2 N–H and O–H groups in total. The Hall–Kier alpha value is -2.29. The molecule has 2 heterocycles. The summed E-state index contributed by atoms with van der Waals surface area (Å²) in [5.41, 5.74) is 3.22. The van der Waals surface area contributed by atoms with Crippen molar-refractivity contribution in [1.29, 1.82) is 0 Å². The first-order valence-corrected chi connectivity index (χ1v) is 13.5. The van der Waals surface area contributed by atoms with E-state index in [0.29, 0.717) is 17.9 Å². The van der Waals surface area contributed by atoms with Crippen molar-refractivity contribution in [3.63, 3.8) is 0 Å². The van der Waals surface area contributed by atoms with Crippen LogP contribution < -0.4 is 4.72 Å². The van der Waals surface area contributed by atoms with Crippen LogP contribution in [0.2, 0.25) is 5.02 Å². The predicted octanol–water partition coefficient (Wildman–Crippen LogP) is 5.84. The van der Waals surface area contributed by atoms with E-state index in [-0.39, 0.29) is 5.25 Å². The van der Waals surface area contributed by atoms with Crippen molar-refractivity contribution in [2.45, 2.75) is 37.2 Å². The van der Waals surface area contributed by atoms with Crippen molar-refractivity contribution in [2.75, 3.05) is 0 Å². The first kappa shape index (κ1) is 22.5. The minimum Gasteiger partial charge on any atom is -0.389 e. The zero-order chi connectivity index (χ0) is 23.2. The van der Waals surface area contributed by atoms with Crippen LogP contribution in [0.3, 0.4) is 0 Å². The number of fused-ring (bicyclic) bond motifs is 1. The lowest BCUT2D eigenvalue weighted by atomic mass is 10.0. The number of sulfonamides is 1. The fraction of sp³-hybridized carbons (Fsp3) is 0.240. The maximum atomic E-state index is 12.9. The Morgan fingerprint density at radius 3 is 2.64 bits per heavy atom. The van der Waals surface area contributed by atoms with Gasteiger partial charge in [-0.25, -0.2) is 13.1 Å². The number of benzene rings is 2. The van der Waals surface area contributed by atoms with E-state index in [9.17, 15) is 13.5 Å². The number of thiophene rings is 1. The molecule has 1 aliphatic carbocycles. The molecule has 0 radical (unpaired) electrons. The molecule has 0 saturated heterocycles. The van der Waals surface area contributed by atoms with Crippen LogP contribution in [0.5, 0.6) is 0 Å². The van der Waals surface area contributed by atoms with E-state index in [4.69, 9.17) is 11.6 Å². The Labute approximate surface area is 202 Å². The van der Waals surface area contributed by atoms with Crippen LogP contribution in [0.15, 0.2) is 66.9 Å². The van der Waals surface area contributed by atoms with Gasteiger partial charge in [-0.15, -0.1) is 11.3 Å². The molecule has 5 rings (SSSR count). The summed E-state index contributed by atoms with van der Waals surface area (Å²) in [6, 6.07) is 18.4. The number of aromatic nitrogens is 1. The minimum atomic E-state index is -3.46. The lowest BCUT2D eigenvalue weighted by molar-refractivity contribution is 0.199. The van der Waals surface area contributed by atoms with Crippen LogP contribution in [-0.4, -0.2) is 23.8 Å². The third-order valence-corrected chi connectivity index (χ3v) is 9.36. The topological polar surface area (TPSA) is 79.3 Å². The van der Waals surface area contributed by atoms with E-state index < -0.39 is 22.2 Å². The number of hydrogen-bond acceptors (Lipinski definition) is 5. The van der Waals surface area contributed by atoms with Crippen LogP contribution >= 0.6 is 22.9 Å². The van der Waals surface area contributed by atoms with Gasteiger partial charge in [-0.05, 0) is 60.5 Å². The first-order valence-electron chi connectivity index (χ1n) is 10.8. The maximum absolute atomic E-state index is 12.9. The Bertz CT molecular complexity index is 1430. The Morgan fingerprint density at radius 2 is 1.91 bits per heavy atom. The lowest BCUT2D eigenvalue weighted by Crippen LogP contribution is -2.31. The van der Waals surface area contributed by atoms with E-state index in [0.717, 1.165) is 37.3 Å². The summed E-state index contributed by atoms with van der Waals surface area (Å²) in [5.74, 6) is 0. The van der Waals surface area contributed by atoms with Gasteiger partial charge in [0.2, 0.25) is 10.0 Å². The highest BCUT2D eigenvalue weighted by Crippen LogP contribution is 2.41. The molecule has 170 valence electrons. The molecule has 1 aliphatic rings. The van der Waals surface area contributed by atoms with Gasteiger partial charge in [-0.1, -0.05) is 48.0 Å². The quantitative estimate of drug-likeness (QED) is 0.335. The van der Waals surface area contributed by atoms with Crippen LogP contribution in [-0.2, 0) is 10.0 Å². The molecule has 2 aromatic heterocycles. The summed E-state index contributed by atoms with van der Waals surface area (Å²) in [6.45, 7) is 1.73. The fourth-order valence-electron chi connectivity index (χ4n) is 3.90. The SMILES string of the molecule is CC(O)c1ccnc(-c2cccc3cc([C@H](NS(=O)(=O)C4CC4)c4ccccc4Cl)sc23)c1. The third-order valence-electron chi connectivity index (χ3n) is 5.85. The number of aliphatic hydroxyl groups is 1. The molecule has 4 aromatic rings. The molecular formula is C25H23ClN2O3S2. The van der Waals surface area contributed by atoms with Gasteiger partial charge in [-0.3, -0.25) is 4.98 Å². The molecule has 2 atom stereocenters. The van der Waals surface area contributed by atoms with E-state index in [1.165, 1.54) is 11.3 Å². The number of halogens is 1. The fourth-order valence-corrected chi connectivity index (χ4v) is 7.01. The van der Waals surface area contributed by atoms with Gasteiger partial charge in [0.05, 0.1) is 23.1 Å². The van der Waals surface area contributed by atoms with Crippen LogP contribution in [0, 0.1) is 0 Å². The van der Waals surface area contributed by atoms with Gasteiger partial charge >= 0.3 is 0 Å². The van der Waals surface area contributed by atoms with E-state index >= 15 is 0 Å². The molecule has 1 unspecified atom stereocenters. The van der Waals surface area contributed by atoms with Gasteiger partial charge in [0.25, 0.3) is 0 Å². The van der Waals surface area contributed by atoms with Crippen molar-refractivity contribution >= 4 is 43.0 Å². The molecule has 0 bridgehead atoms. The second-order valence-corrected chi connectivity index (χ2v) is 11.8. The molecule has 5 nitrogen and oxygen atoms in total. The number of hydrogen-bond donors (Lipinski definition) is 2. The first-order chi connectivity index (χ1) is 15.8. The smallest absolute Gasteiger partial charge is 0.215 e. The van der Waals surface area contributed by atoms with E-state index in [1.807, 2.05) is 48.5 Å². The second kappa shape index (κ2) is 8.81. The molecule has 8 heteroatoms. The van der Waals surface area contributed by atoms with Gasteiger partial charge in [-0.2, -0.15) is 0 Å². The average Bonchev–Trinajstić information content (AvgIpc) is 3.58. The number of nitrogens with one attached hydrogen (secondary N) is 1. The molecule has 1 fully saturated rings. The molecule has 2 aromatic carbocycles. The van der Waals surface area contributed by atoms with Gasteiger partial charge < -0.3 is 5.11 Å². The molecule has 0 aliphatic heterocycles. The van der Waals surface area contributed by atoms with Crippen molar-refractivity contribution in [3.05, 3.63) is 87.9 Å². The molecular weight excluding hydrogens is 476 g/mol. The van der Waals surface area contributed by atoms with Crippen molar-refractivity contribution < 1.29 is 13.5 Å². The second-order valence-electron chi connectivity index (χ2n) is 8.34. The number of pyridine rings is 1. The summed E-state index contributed by atoms with van der Waals surface area (Å²) in [4.78, 5) is 5.38. The van der Waals surface area contributed by atoms with Crippen molar-refractivity contribution in [3.8, 4) is 11.3 Å². The van der Waals surface area contributed by atoms with E-state index in [2.05, 4.69) is 9.71 Å². The summed E-state index contributed by atoms with van der Waals surface area (Å²) < 4.78 is 29.7. The van der Waals surface area contributed by atoms with Gasteiger partial charge in [0.15, 0.2) is 0 Å². The highest BCUT2D eigenvalue weighted by atomic mass is 35.5. The summed E-state index contributed by atoms with van der Waals surface area (Å²) >= 11 is 8.03. The van der Waals surface area contributed by atoms with E-state index in [1.54, 1.807) is 25.3 Å². The van der Waals surface area contributed by atoms with Crippen LogP contribution in [0.25, 0.3) is 21.3 Å². The Balaban J connectivity index is 1.63. The molecule has 1 saturated carbocycles. The Kier molecular flexibility index (Phi) is 6.01. The highest BCUT2D eigenvalue weighted by Gasteiger charge is 2.38.